The Morgan fingerprint density at radius 1 is 1.21 bits per heavy atom. The van der Waals surface area contributed by atoms with E-state index in [0.29, 0.717) is 27.9 Å². The first kappa shape index (κ1) is 21.8. The van der Waals surface area contributed by atoms with E-state index in [1.165, 1.54) is 13.2 Å². The van der Waals surface area contributed by atoms with Gasteiger partial charge >= 0.3 is 0 Å². The highest BCUT2D eigenvalue weighted by Gasteiger charge is 2.21. The van der Waals surface area contributed by atoms with Crippen molar-refractivity contribution in [2.24, 2.45) is 0 Å². The molecule has 2 aromatic carbocycles. The van der Waals surface area contributed by atoms with Gasteiger partial charge in [-0.3, -0.25) is 9.10 Å². The molecule has 0 aromatic heterocycles. The summed E-state index contributed by atoms with van der Waals surface area (Å²) in [4.78, 5) is 12.4. The Morgan fingerprint density at radius 2 is 1.93 bits per heavy atom. The Morgan fingerprint density at radius 3 is 2.50 bits per heavy atom. The lowest BCUT2D eigenvalue weighted by molar-refractivity contribution is -0.114. The van der Waals surface area contributed by atoms with E-state index in [0.717, 1.165) is 10.6 Å². The van der Waals surface area contributed by atoms with Crippen LogP contribution >= 0.6 is 11.6 Å². The third-order valence-corrected chi connectivity index (χ3v) is 5.04. The summed E-state index contributed by atoms with van der Waals surface area (Å²) in [5.41, 5.74) is 0.768. The summed E-state index contributed by atoms with van der Waals surface area (Å²) in [7, 11) is -2.21. The molecule has 2 aromatic rings. The van der Waals surface area contributed by atoms with Crippen molar-refractivity contribution < 1.29 is 22.7 Å². The van der Waals surface area contributed by atoms with Crippen LogP contribution in [0.15, 0.2) is 42.5 Å². The van der Waals surface area contributed by atoms with Crippen molar-refractivity contribution in [1.82, 2.24) is 0 Å². The SMILES string of the molecule is COc1ccc(NC(=O)CN(c2cccc(OC(C)C)c2)S(C)(=O)=O)cc1Cl. The van der Waals surface area contributed by atoms with Crippen molar-refractivity contribution in [3.8, 4) is 11.5 Å². The number of sulfonamides is 1. The van der Waals surface area contributed by atoms with Gasteiger partial charge < -0.3 is 14.8 Å². The van der Waals surface area contributed by atoms with Gasteiger partial charge in [-0.2, -0.15) is 0 Å². The lowest BCUT2D eigenvalue weighted by Crippen LogP contribution is -2.37. The van der Waals surface area contributed by atoms with Crippen molar-refractivity contribution in [3.63, 3.8) is 0 Å². The molecule has 0 aliphatic heterocycles. The molecule has 1 amide bonds. The molecule has 0 aliphatic carbocycles. The monoisotopic (exact) mass is 426 g/mol. The molecule has 2 rings (SSSR count). The molecule has 0 radical (unpaired) electrons. The molecule has 0 bridgehead atoms. The van der Waals surface area contributed by atoms with Crippen molar-refractivity contribution in [2.75, 3.05) is 29.5 Å². The normalized spacial score (nSPS) is 11.2. The summed E-state index contributed by atoms with van der Waals surface area (Å²) in [6.07, 6.45) is 0.977. The van der Waals surface area contributed by atoms with Crippen LogP contribution in [0, 0.1) is 0 Å². The number of halogens is 1. The molecule has 0 saturated heterocycles. The van der Waals surface area contributed by atoms with E-state index in [9.17, 15) is 13.2 Å². The minimum atomic E-state index is -3.70. The third kappa shape index (κ3) is 6.03. The summed E-state index contributed by atoms with van der Waals surface area (Å²) >= 11 is 6.05. The van der Waals surface area contributed by atoms with Crippen molar-refractivity contribution in [1.29, 1.82) is 0 Å². The van der Waals surface area contributed by atoms with Gasteiger partial charge in [-0.05, 0) is 44.2 Å². The number of hydrogen-bond donors (Lipinski definition) is 1. The highest BCUT2D eigenvalue weighted by molar-refractivity contribution is 7.92. The summed E-state index contributed by atoms with van der Waals surface area (Å²) in [5.74, 6) is 0.477. The fourth-order valence-corrected chi connectivity index (χ4v) is 3.57. The predicted molar refractivity (Wildman–Crippen MR) is 111 cm³/mol. The molecular formula is C19H23ClN2O5S. The number of methoxy groups -OCH3 is 1. The van der Waals surface area contributed by atoms with Gasteiger partial charge in [0.05, 0.1) is 30.2 Å². The minimum absolute atomic E-state index is 0.0648. The fourth-order valence-electron chi connectivity index (χ4n) is 2.46. The van der Waals surface area contributed by atoms with E-state index in [2.05, 4.69) is 5.32 Å². The van der Waals surface area contributed by atoms with Gasteiger partial charge in [0.1, 0.15) is 18.0 Å². The number of carbonyl (C=O) groups excluding carboxylic acids is 1. The molecule has 0 atom stereocenters. The first-order valence-corrected chi connectivity index (χ1v) is 10.7. The summed E-state index contributed by atoms with van der Waals surface area (Å²) in [6.45, 7) is 3.34. The Hall–Kier alpha value is -2.45. The van der Waals surface area contributed by atoms with Crippen LogP contribution in [-0.4, -0.2) is 40.3 Å². The van der Waals surface area contributed by atoms with Crippen LogP contribution in [0.3, 0.4) is 0 Å². The second-order valence-corrected chi connectivity index (χ2v) is 8.65. The molecule has 0 fully saturated rings. The average Bonchev–Trinajstić information content (AvgIpc) is 2.58. The van der Waals surface area contributed by atoms with Crippen LogP contribution in [0.1, 0.15) is 13.8 Å². The molecule has 28 heavy (non-hydrogen) atoms. The van der Waals surface area contributed by atoms with Gasteiger partial charge in [0, 0.05) is 11.8 Å². The van der Waals surface area contributed by atoms with Crippen LogP contribution in [0.2, 0.25) is 5.02 Å². The molecule has 0 aliphatic rings. The summed E-state index contributed by atoms with van der Waals surface area (Å²) < 4.78 is 36.2. The standard InChI is InChI=1S/C19H23ClN2O5S/c1-13(2)27-16-7-5-6-15(11-16)22(28(4,24)25)12-19(23)21-14-8-9-18(26-3)17(20)10-14/h5-11,13H,12H2,1-4H3,(H,21,23). The molecular weight excluding hydrogens is 404 g/mol. The maximum Gasteiger partial charge on any atom is 0.245 e. The molecule has 0 saturated carbocycles. The number of hydrogen-bond acceptors (Lipinski definition) is 5. The van der Waals surface area contributed by atoms with Crippen LogP contribution in [0.25, 0.3) is 0 Å². The van der Waals surface area contributed by atoms with Gasteiger partial charge in [-0.1, -0.05) is 17.7 Å². The van der Waals surface area contributed by atoms with Gasteiger partial charge in [0.15, 0.2) is 0 Å². The van der Waals surface area contributed by atoms with Gasteiger partial charge in [0.2, 0.25) is 15.9 Å². The van der Waals surface area contributed by atoms with Gasteiger partial charge in [0.25, 0.3) is 0 Å². The van der Waals surface area contributed by atoms with Gasteiger partial charge in [-0.25, -0.2) is 8.42 Å². The number of carbonyl (C=O) groups is 1. The first-order chi connectivity index (χ1) is 13.1. The Balaban J connectivity index is 2.21. The average molecular weight is 427 g/mol. The molecule has 9 heteroatoms. The zero-order chi connectivity index (χ0) is 20.9. The maximum absolute atomic E-state index is 12.4. The predicted octanol–water partition coefficient (Wildman–Crippen LogP) is 3.54. The van der Waals surface area contributed by atoms with Crippen LogP contribution in [-0.2, 0) is 14.8 Å². The summed E-state index contributed by atoms with van der Waals surface area (Å²) in [6, 6.07) is 11.3. The fraction of sp³-hybridized carbons (Fsp3) is 0.316. The molecule has 0 unspecified atom stereocenters. The van der Waals surface area contributed by atoms with Crippen LogP contribution in [0.4, 0.5) is 11.4 Å². The number of rotatable bonds is 8. The highest BCUT2D eigenvalue weighted by Crippen LogP contribution is 2.28. The lowest BCUT2D eigenvalue weighted by atomic mass is 10.3. The topological polar surface area (TPSA) is 84.9 Å². The van der Waals surface area contributed by atoms with E-state index < -0.39 is 22.5 Å². The number of benzene rings is 2. The number of amides is 1. The number of ether oxygens (including phenoxy) is 2. The van der Waals surface area contributed by atoms with Crippen molar-refractivity contribution in [3.05, 3.63) is 47.5 Å². The number of nitrogens with one attached hydrogen (secondary N) is 1. The van der Waals surface area contributed by atoms with E-state index in [1.807, 2.05) is 13.8 Å². The Labute approximate surface area is 170 Å². The van der Waals surface area contributed by atoms with Crippen LogP contribution < -0.4 is 19.1 Å². The van der Waals surface area contributed by atoms with E-state index >= 15 is 0 Å². The highest BCUT2D eigenvalue weighted by atomic mass is 35.5. The first-order valence-electron chi connectivity index (χ1n) is 8.48. The largest absolute Gasteiger partial charge is 0.495 e. The lowest BCUT2D eigenvalue weighted by Gasteiger charge is -2.23. The smallest absolute Gasteiger partial charge is 0.245 e. The Bertz CT molecular complexity index is 947. The minimum Gasteiger partial charge on any atom is -0.495 e. The zero-order valence-corrected chi connectivity index (χ0v) is 17.7. The zero-order valence-electron chi connectivity index (χ0n) is 16.1. The second-order valence-electron chi connectivity index (χ2n) is 6.33. The molecule has 0 heterocycles. The van der Waals surface area contributed by atoms with E-state index in [4.69, 9.17) is 21.1 Å². The van der Waals surface area contributed by atoms with E-state index in [-0.39, 0.29) is 6.10 Å². The Kier molecular flexibility index (Phi) is 7.15. The van der Waals surface area contributed by atoms with Gasteiger partial charge in [-0.15, -0.1) is 0 Å². The molecule has 152 valence electrons. The van der Waals surface area contributed by atoms with Crippen molar-refractivity contribution in [2.45, 2.75) is 20.0 Å². The maximum atomic E-state index is 12.4. The van der Waals surface area contributed by atoms with E-state index in [1.54, 1.807) is 36.4 Å². The molecule has 1 N–H and O–H groups in total. The number of anilines is 2. The quantitative estimate of drug-likeness (QED) is 0.697. The molecule has 7 nitrogen and oxygen atoms in total. The van der Waals surface area contributed by atoms with Crippen molar-refractivity contribution >= 4 is 38.9 Å². The van der Waals surface area contributed by atoms with Crippen LogP contribution in [0.5, 0.6) is 11.5 Å². The number of nitrogens with zero attached hydrogens (tertiary/aromatic N) is 1. The third-order valence-electron chi connectivity index (χ3n) is 3.60. The second kappa shape index (κ2) is 9.16. The summed E-state index contributed by atoms with van der Waals surface area (Å²) in [5, 5.41) is 2.97. The molecule has 0 spiro atoms.